The Bertz CT molecular complexity index is 650. The van der Waals surface area contributed by atoms with Crippen molar-refractivity contribution >= 4 is 17.3 Å². The third kappa shape index (κ3) is 1.95. The highest BCUT2D eigenvalue weighted by atomic mass is 16.7. The number of aromatic amines is 1. The second-order valence-corrected chi connectivity index (χ2v) is 4.16. The van der Waals surface area contributed by atoms with E-state index in [4.69, 9.17) is 15.2 Å². The van der Waals surface area contributed by atoms with Gasteiger partial charge in [-0.25, -0.2) is 0 Å². The van der Waals surface area contributed by atoms with Crippen LogP contribution in [-0.4, -0.2) is 22.9 Å². The van der Waals surface area contributed by atoms with Crippen molar-refractivity contribution < 1.29 is 14.3 Å². The van der Waals surface area contributed by atoms with Gasteiger partial charge in [0, 0.05) is 17.8 Å². The molecule has 98 valence electrons. The summed E-state index contributed by atoms with van der Waals surface area (Å²) in [5.74, 6) is 0.861. The van der Waals surface area contributed by atoms with Crippen molar-refractivity contribution in [3.05, 3.63) is 29.6 Å². The monoisotopic (exact) mass is 260 g/mol. The molecule has 7 heteroatoms. The van der Waals surface area contributed by atoms with E-state index in [0.29, 0.717) is 34.1 Å². The van der Waals surface area contributed by atoms with Gasteiger partial charge in [0.2, 0.25) is 6.79 Å². The lowest BCUT2D eigenvalue weighted by molar-refractivity contribution is 0.102. The number of hydrogen-bond acceptors (Lipinski definition) is 5. The van der Waals surface area contributed by atoms with Crippen molar-refractivity contribution in [2.24, 2.45) is 0 Å². The zero-order valence-corrected chi connectivity index (χ0v) is 10.2. The van der Waals surface area contributed by atoms with Crippen LogP contribution in [0.5, 0.6) is 11.5 Å². The summed E-state index contributed by atoms with van der Waals surface area (Å²) in [6.45, 7) is 1.93. The Kier molecular flexibility index (Phi) is 2.52. The number of ether oxygens (including phenoxy) is 2. The molecule has 0 fully saturated rings. The van der Waals surface area contributed by atoms with Crippen molar-refractivity contribution in [1.82, 2.24) is 10.2 Å². The number of amides is 1. The predicted octanol–water partition coefficient (Wildman–Crippen LogP) is 1.28. The second-order valence-electron chi connectivity index (χ2n) is 4.16. The molecule has 0 saturated heterocycles. The Balaban J connectivity index is 1.88. The van der Waals surface area contributed by atoms with Crippen LogP contribution in [0, 0.1) is 6.92 Å². The molecule has 1 aliphatic rings. The first kappa shape index (κ1) is 11.4. The molecule has 0 saturated carbocycles. The molecule has 4 N–H and O–H groups in total. The molecule has 1 aliphatic heterocycles. The number of carbonyl (C=O) groups is 1. The number of fused-ring (bicyclic) bond motifs is 1. The molecule has 0 radical (unpaired) electrons. The summed E-state index contributed by atoms with van der Waals surface area (Å²) in [6.07, 6.45) is 1.47. The Labute approximate surface area is 108 Å². The predicted molar refractivity (Wildman–Crippen MR) is 68.3 cm³/mol. The normalized spacial score (nSPS) is 12.5. The first-order valence-electron chi connectivity index (χ1n) is 5.65. The molecule has 1 aromatic heterocycles. The molecule has 0 spiro atoms. The first-order valence-corrected chi connectivity index (χ1v) is 5.65. The summed E-state index contributed by atoms with van der Waals surface area (Å²) in [6, 6.07) is 3.27. The molecule has 1 amide bonds. The summed E-state index contributed by atoms with van der Waals surface area (Å²) >= 11 is 0. The highest BCUT2D eigenvalue weighted by molar-refractivity contribution is 6.06. The highest BCUT2D eigenvalue weighted by Crippen LogP contribution is 2.38. The lowest BCUT2D eigenvalue weighted by Gasteiger charge is -2.08. The zero-order valence-electron chi connectivity index (χ0n) is 10.2. The van der Waals surface area contributed by atoms with Crippen molar-refractivity contribution in [3.8, 4) is 11.5 Å². The number of nitrogen functional groups attached to an aromatic ring is 1. The molecule has 3 rings (SSSR count). The number of aromatic nitrogens is 2. The van der Waals surface area contributed by atoms with E-state index in [0.717, 1.165) is 0 Å². The van der Waals surface area contributed by atoms with Gasteiger partial charge in [0.25, 0.3) is 5.91 Å². The largest absolute Gasteiger partial charge is 0.454 e. The molecular weight excluding hydrogens is 248 g/mol. The van der Waals surface area contributed by atoms with Crippen molar-refractivity contribution in [2.45, 2.75) is 6.92 Å². The maximum absolute atomic E-state index is 12.0. The molecule has 2 heterocycles. The van der Waals surface area contributed by atoms with E-state index >= 15 is 0 Å². The third-order valence-corrected chi connectivity index (χ3v) is 2.87. The summed E-state index contributed by atoms with van der Waals surface area (Å²) in [7, 11) is 0. The van der Waals surface area contributed by atoms with Gasteiger partial charge < -0.3 is 20.5 Å². The fourth-order valence-electron chi connectivity index (χ4n) is 1.84. The molecule has 2 aromatic rings. The highest BCUT2D eigenvalue weighted by Gasteiger charge is 2.18. The minimum atomic E-state index is -0.281. The summed E-state index contributed by atoms with van der Waals surface area (Å²) in [4.78, 5) is 12.0. The van der Waals surface area contributed by atoms with Gasteiger partial charge in [-0.15, -0.1) is 0 Å². The van der Waals surface area contributed by atoms with Gasteiger partial charge in [-0.3, -0.25) is 9.89 Å². The van der Waals surface area contributed by atoms with E-state index in [1.165, 1.54) is 6.20 Å². The Morgan fingerprint density at radius 3 is 2.84 bits per heavy atom. The summed E-state index contributed by atoms with van der Waals surface area (Å²) in [5.41, 5.74) is 7.92. The lowest BCUT2D eigenvalue weighted by Crippen LogP contribution is -2.13. The number of nitrogens with one attached hydrogen (secondary N) is 2. The standard InChI is InChI=1S/C12H12N4O3/c1-6-7(4-14-16-6)12(17)15-9-3-11-10(2-8(9)13)18-5-19-11/h2-4H,5,13H2,1H3,(H,14,16)(H,15,17). The van der Waals surface area contributed by atoms with Crippen LogP contribution in [0.4, 0.5) is 11.4 Å². The van der Waals surface area contributed by atoms with Gasteiger partial charge in [0.1, 0.15) is 0 Å². The van der Waals surface area contributed by atoms with Gasteiger partial charge in [0.05, 0.1) is 23.1 Å². The molecule has 0 aliphatic carbocycles. The smallest absolute Gasteiger partial charge is 0.259 e. The number of hydrogen-bond donors (Lipinski definition) is 3. The van der Waals surface area contributed by atoms with E-state index in [-0.39, 0.29) is 12.7 Å². The van der Waals surface area contributed by atoms with E-state index in [1.807, 2.05) is 0 Å². The Morgan fingerprint density at radius 2 is 2.16 bits per heavy atom. The molecule has 0 unspecified atom stereocenters. The lowest BCUT2D eigenvalue weighted by atomic mass is 10.2. The minimum Gasteiger partial charge on any atom is -0.454 e. The van der Waals surface area contributed by atoms with Gasteiger partial charge in [-0.1, -0.05) is 0 Å². The summed E-state index contributed by atoms with van der Waals surface area (Å²) in [5, 5.41) is 9.23. The molecule has 0 atom stereocenters. The number of benzene rings is 1. The number of carbonyl (C=O) groups excluding carboxylic acids is 1. The number of rotatable bonds is 2. The van der Waals surface area contributed by atoms with E-state index in [2.05, 4.69) is 15.5 Å². The second kappa shape index (κ2) is 4.20. The van der Waals surface area contributed by atoms with E-state index < -0.39 is 0 Å². The van der Waals surface area contributed by atoms with Gasteiger partial charge >= 0.3 is 0 Å². The maximum atomic E-state index is 12.0. The van der Waals surface area contributed by atoms with Crippen LogP contribution in [0.25, 0.3) is 0 Å². The van der Waals surface area contributed by atoms with Gasteiger partial charge in [-0.2, -0.15) is 5.10 Å². The number of nitrogens with zero attached hydrogens (tertiary/aromatic N) is 1. The van der Waals surface area contributed by atoms with Crippen LogP contribution < -0.4 is 20.5 Å². The Morgan fingerprint density at radius 1 is 1.42 bits per heavy atom. The topological polar surface area (TPSA) is 102 Å². The van der Waals surface area contributed by atoms with Crippen LogP contribution >= 0.6 is 0 Å². The Hall–Kier alpha value is -2.70. The molecular formula is C12H12N4O3. The summed E-state index contributed by atoms with van der Waals surface area (Å²) < 4.78 is 10.4. The first-order chi connectivity index (χ1) is 9.15. The fourth-order valence-corrected chi connectivity index (χ4v) is 1.84. The van der Waals surface area contributed by atoms with Crippen molar-refractivity contribution in [2.75, 3.05) is 17.8 Å². The SMILES string of the molecule is Cc1[nH]ncc1C(=O)Nc1cc2c(cc1N)OCO2. The quantitative estimate of drug-likeness (QED) is 0.706. The molecule has 19 heavy (non-hydrogen) atoms. The minimum absolute atomic E-state index is 0.160. The zero-order chi connectivity index (χ0) is 13.4. The van der Waals surface area contributed by atoms with Crippen LogP contribution in [0.15, 0.2) is 18.3 Å². The molecule has 1 aromatic carbocycles. The average Bonchev–Trinajstić information content (AvgIpc) is 2.98. The van der Waals surface area contributed by atoms with Crippen LogP contribution in [0.2, 0.25) is 0 Å². The van der Waals surface area contributed by atoms with Crippen molar-refractivity contribution in [1.29, 1.82) is 0 Å². The number of nitrogens with two attached hydrogens (primary N) is 1. The average molecular weight is 260 g/mol. The van der Waals surface area contributed by atoms with Crippen LogP contribution in [0.3, 0.4) is 0 Å². The van der Waals surface area contributed by atoms with Gasteiger partial charge in [0.15, 0.2) is 11.5 Å². The fraction of sp³-hybridized carbons (Fsp3) is 0.167. The molecule has 7 nitrogen and oxygen atoms in total. The van der Waals surface area contributed by atoms with E-state index in [1.54, 1.807) is 19.1 Å². The van der Waals surface area contributed by atoms with E-state index in [9.17, 15) is 4.79 Å². The molecule has 0 bridgehead atoms. The third-order valence-electron chi connectivity index (χ3n) is 2.87. The van der Waals surface area contributed by atoms with Crippen LogP contribution in [0.1, 0.15) is 16.1 Å². The van der Waals surface area contributed by atoms with Crippen LogP contribution in [-0.2, 0) is 0 Å². The number of H-pyrrole nitrogens is 1. The number of anilines is 2. The van der Waals surface area contributed by atoms with Crippen molar-refractivity contribution in [3.63, 3.8) is 0 Å². The maximum Gasteiger partial charge on any atom is 0.259 e. The van der Waals surface area contributed by atoms with Gasteiger partial charge in [-0.05, 0) is 6.92 Å². The number of aryl methyl sites for hydroxylation is 1.